The monoisotopic (exact) mass is 1180 g/mol. The van der Waals surface area contributed by atoms with Gasteiger partial charge in [0.05, 0.1) is 74.5 Å². The minimum absolute atomic E-state index is 0.0648. The molecular weight excluding hydrogens is 1090 g/mol. The first-order valence-corrected chi connectivity index (χ1v) is 28.6. The van der Waals surface area contributed by atoms with Crippen LogP contribution in [-0.2, 0) is 38.0 Å². The summed E-state index contributed by atoms with van der Waals surface area (Å²) in [4.78, 5) is 39.7. The first kappa shape index (κ1) is 67.4. The molecule has 21 nitrogen and oxygen atoms in total. The van der Waals surface area contributed by atoms with Crippen molar-refractivity contribution in [3.63, 3.8) is 0 Å². The zero-order valence-electron chi connectivity index (χ0n) is 48.0. The summed E-state index contributed by atoms with van der Waals surface area (Å²) >= 11 is 0. The molecule has 1 aliphatic carbocycles. The topological polar surface area (TPSA) is 341 Å². The van der Waals surface area contributed by atoms with E-state index in [0.29, 0.717) is 0 Å². The SMILES string of the molecule is COC(=O)C1C2CC(OC3OC(C)C(O)C(NC(=O)OCC4c5ccccc5-c5ccccc54)C3O)/C=C/C=C/C=C/C=C/C=C/C=C/C=C/C(C)C(O)C(C)C(C)OC(=O)CC(O)CC(O)CCC(O)C(O)CC(O)CC(O)(O2)C(O)C1O. The molecule has 0 aromatic heterocycles. The number of carbonyl (C=O) groups excluding carboxylic acids is 3. The Morgan fingerprint density at radius 2 is 1.21 bits per heavy atom. The quantitative estimate of drug-likeness (QED) is 0.146. The van der Waals surface area contributed by atoms with Crippen molar-refractivity contribution >= 4 is 18.0 Å². The van der Waals surface area contributed by atoms with E-state index in [0.717, 1.165) is 29.4 Å². The number of ether oxygens (including phenoxy) is 6. The lowest BCUT2D eigenvalue weighted by molar-refractivity contribution is -0.347. The second-order valence-corrected chi connectivity index (χ2v) is 22.2. The summed E-state index contributed by atoms with van der Waals surface area (Å²) in [6, 6.07) is 14.1. The third-order valence-electron chi connectivity index (χ3n) is 16.0. The van der Waals surface area contributed by atoms with Gasteiger partial charge in [-0.15, -0.1) is 0 Å². The van der Waals surface area contributed by atoms with Crippen LogP contribution in [-0.4, -0.2) is 191 Å². The number of aliphatic hydroxyl groups excluding tert-OH is 10. The fraction of sp³-hybridized carbons (Fsp3) is 0.540. The van der Waals surface area contributed by atoms with E-state index < -0.39 is 159 Å². The molecule has 84 heavy (non-hydrogen) atoms. The van der Waals surface area contributed by atoms with Crippen LogP contribution in [0.15, 0.2) is 134 Å². The van der Waals surface area contributed by atoms with Gasteiger partial charge in [0.1, 0.15) is 43.0 Å². The maximum atomic E-state index is 13.5. The number of allylic oxidation sites excluding steroid dienone is 12. The summed E-state index contributed by atoms with van der Waals surface area (Å²) in [5.74, 6) is -7.43. The summed E-state index contributed by atoms with van der Waals surface area (Å²) < 4.78 is 34.6. The van der Waals surface area contributed by atoms with Gasteiger partial charge in [-0.3, -0.25) is 9.59 Å². The van der Waals surface area contributed by atoms with E-state index in [-0.39, 0.29) is 37.7 Å². The molecule has 21 heteroatoms. The number of alkyl carbamates (subject to hydrolysis) is 1. The molecule has 462 valence electrons. The second kappa shape index (κ2) is 32.1. The summed E-state index contributed by atoms with van der Waals surface area (Å²) in [6.45, 7) is 6.61. The van der Waals surface area contributed by atoms with Crippen molar-refractivity contribution in [3.05, 3.63) is 145 Å². The molecular formula is C63H85NO20. The van der Waals surface area contributed by atoms with Crippen LogP contribution in [0.4, 0.5) is 4.79 Å². The number of cyclic esters (lactones) is 1. The van der Waals surface area contributed by atoms with Gasteiger partial charge >= 0.3 is 18.0 Å². The van der Waals surface area contributed by atoms with Gasteiger partial charge in [-0.05, 0) is 55.4 Å². The Morgan fingerprint density at radius 1 is 0.643 bits per heavy atom. The molecule has 3 aliphatic heterocycles. The van der Waals surface area contributed by atoms with Crippen molar-refractivity contribution in [2.45, 2.75) is 182 Å². The molecule has 2 aromatic carbocycles. The molecule has 2 aromatic rings. The molecule has 12 N–H and O–H groups in total. The van der Waals surface area contributed by atoms with Crippen molar-refractivity contribution in [3.8, 4) is 11.1 Å². The standard InChI is InChI=1S/C63H85NO20/c1-36-22-16-14-12-10-8-6-7-9-11-13-15-17-23-43(83-61-58(74)54(56(72)39(4)82-61)64-62(77)80-35-48-46-26-20-18-24-44(46)45-25-19-21-27-47(45)48)33-51-53(60(76)79-5)57(73)59(75)63(78,84-51)34-42(67)31-50(69)49(68)29-28-40(65)30-41(66)32-52(70)81-38(3)37(2)55(36)71/h6-27,36-43,48-51,53-59,61,65-69,71-75,78H,28-35H2,1-5H3,(H,64,77)/b7-6+,10-8+,11-9+,14-12+,15-13+,22-16+,23-17+. The predicted octanol–water partition coefficient (Wildman–Crippen LogP) is 3.35. The first-order valence-electron chi connectivity index (χ1n) is 28.6. The number of amides is 1. The Labute approximate surface area is 490 Å². The van der Waals surface area contributed by atoms with E-state index >= 15 is 0 Å². The van der Waals surface area contributed by atoms with Crippen LogP contribution in [0.3, 0.4) is 0 Å². The van der Waals surface area contributed by atoms with Gasteiger partial charge in [0, 0.05) is 37.0 Å². The minimum Gasteiger partial charge on any atom is -0.469 e. The molecule has 20 unspecified atom stereocenters. The van der Waals surface area contributed by atoms with Gasteiger partial charge in [0.2, 0.25) is 0 Å². The molecule has 4 aliphatic rings. The van der Waals surface area contributed by atoms with Crippen LogP contribution in [0.1, 0.15) is 89.7 Å². The van der Waals surface area contributed by atoms with E-state index in [1.807, 2.05) is 61.5 Å². The van der Waals surface area contributed by atoms with Gasteiger partial charge in [-0.25, -0.2) is 4.79 Å². The lowest BCUT2D eigenvalue weighted by atomic mass is 9.80. The zero-order valence-corrected chi connectivity index (χ0v) is 48.0. The minimum atomic E-state index is -2.83. The molecule has 0 saturated carbocycles. The van der Waals surface area contributed by atoms with Gasteiger partial charge in [-0.1, -0.05) is 147 Å². The molecule has 2 saturated heterocycles. The number of hydrogen-bond donors (Lipinski definition) is 12. The molecule has 6 rings (SSSR count). The van der Waals surface area contributed by atoms with Crippen LogP contribution in [0.5, 0.6) is 0 Å². The first-order chi connectivity index (χ1) is 40.0. The molecule has 20 atom stereocenters. The maximum Gasteiger partial charge on any atom is 0.407 e. The number of esters is 2. The Morgan fingerprint density at radius 3 is 1.81 bits per heavy atom. The average molecular weight is 1180 g/mol. The third kappa shape index (κ3) is 18.4. The second-order valence-electron chi connectivity index (χ2n) is 22.2. The number of aliphatic hydroxyl groups is 11. The highest BCUT2D eigenvalue weighted by Gasteiger charge is 2.57. The largest absolute Gasteiger partial charge is 0.469 e. The van der Waals surface area contributed by atoms with E-state index in [9.17, 15) is 70.6 Å². The number of carbonyl (C=O) groups is 3. The van der Waals surface area contributed by atoms with Gasteiger partial charge in [0.15, 0.2) is 12.1 Å². The number of benzene rings is 2. The van der Waals surface area contributed by atoms with Gasteiger partial charge in [0.25, 0.3) is 0 Å². The maximum absolute atomic E-state index is 13.5. The fourth-order valence-corrected chi connectivity index (χ4v) is 11.0. The van der Waals surface area contributed by atoms with Gasteiger partial charge in [-0.2, -0.15) is 0 Å². The summed E-state index contributed by atoms with van der Waals surface area (Å²) in [6.07, 6.45) is -2.29. The number of methoxy groups -OCH3 is 1. The Balaban J connectivity index is 1.22. The van der Waals surface area contributed by atoms with Crippen molar-refractivity contribution in [1.82, 2.24) is 5.32 Å². The molecule has 2 bridgehead atoms. The van der Waals surface area contributed by atoms with Crippen LogP contribution in [0.25, 0.3) is 11.1 Å². The van der Waals surface area contributed by atoms with E-state index in [1.165, 1.54) is 13.0 Å². The highest BCUT2D eigenvalue weighted by molar-refractivity contribution is 5.79. The summed E-state index contributed by atoms with van der Waals surface area (Å²) in [5.41, 5.74) is 3.96. The van der Waals surface area contributed by atoms with Crippen LogP contribution in [0, 0.1) is 17.8 Å². The molecule has 3 heterocycles. The normalized spacial score (nSPS) is 39.1. The summed E-state index contributed by atoms with van der Waals surface area (Å²) in [5, 5.41) is 126. The van der Waals surface area contributed by atoms with E-state index in [2.05, 4.69) is 5.32 Å². The van der Waals surface area contributed by atoms with Crippen LogP contribution < -0.4 is 5.32 Å². The van der Waals surface area contributed by atoms with Crippen molar-refractivity contribution < 1.29 is 99.0 Å². The third-order valence-corrected chi connectivity index (χ3v) is 16.0. The predicted molar refractivity (Wildman–Crippen MR) is 307 cm³/mol. The Bertz CT molecular complexity index is 2610. The van der Waals surface area contributed by atoms with E-state index in [4.69, 9.17) is 28.4 Å². The number of fused-ring (bicyclic) bond motifs is 5. The number of hydrogen-bond acceptors (Lipinski definition) is 20. The van der Waals surface area contributed by atoms with Gasteiger partial charge < -0.3 is 89.9 Å². The highest BCUT2D eigenvalue weighted by atomic mass is 16.7. The molecule has 0 spiro atoms. The lowest BCUT2D eigenvalue weighted by Gasteiger charge is -2.48. The smallest absolute Gasteiger partial charge is 0.407 e. The molecule has 1 amide bonds. The number of rotatable bonds is 6. The van der Waals surface area contributed by atoms with Crippen LogP contribution in [0.2, 0.25) is 0 Å². The fourth-order valence-electron chi connectivity index (χ4n) is 11.0. The average Bonchev–Trinajstić information content (AvgIpc) is 1.74. The zero-order chi connectivity index (χ0) is 61.3. The Hall–Kier alpha value is -5.73. The van der Waals surface area contributed by atoms with Crippen molar-refractivity contribution in [2.24, 2.45) is 17.8 Å². The molecule has 0 radical (unpaired) electrons. The van der Waals surface area contributed by atoms with Crippen molar-refractivity contribution in [2.75, 3.05) is 13.7 Å². The van der Waals surface area contributed by atoms with Crippen LogP contribution >= 0.6 is 0 Å². The Kier molecular flexibility index (Phi) is 25.8. The molecule has 2 fully saturated rings. The van der Waals surface area contributed by atoms with Crippen molar-refractivity contribution in [1.29, 1.82) is 0 Å². The van der Waals surface area contributed by atoms with E-state index in [1.54, 1.807) is 86.8 Å². The lowest BCUT2D eigenvalue weighted by Crippen LogP contribution is -2.65. The highest BCUT2D eigenvalue weighted by Crippen LogP contribution is 2.45. The summed E-state index contributed by atoms with van der Waals surface area (Å²) in [7, 11) is 1.03. The number of nitrogens with one attached hydrogen (secondary N) is 1.